The Balaban J connectivity index is 2.29. The zero-order valence-electron chi connectivity index (χ0n) is 11.7. The number of carbonyl (C=O) groups excluding carboxylic acids is 1. The van der Waals surface area contributed by atoms with Crippen molar-refractivity contribution in [2.24, 2.45) is 0 Å². The Hall–Kier alpha value is -1.06. The summed E-state index contributed by atoms with van der Waals surface area (Å²) in [5.41, 5.74) is 1.05. The molecule has 3 unspecified atom stereocenters. The third-order valence-electron chi connectivity index (χ3n) is 3.66. The first-order valence-corrected chi connectivity index (χ1v) is 7.26. The van der Waals surface area contributed by atoms with E-state index in [1.165, 1.54) is 0 Å². The number of benzene rings is 1. The lowest BCUT2D eigenvalue weighted by molar-refractivity contribution is -0.131. The van der Waals surface area contributed by atoms with Crippen molar-refractivity contribution in [3.63, 3.8) is 0 Å². The molecule has 3 nitrogen and oxygen atoms in total. The number of halogens is 1. The van der Waals surface area contributed by atoms with Gasteiger partial charge >= 0.3 is 0 Å². The number of hydrogen-bond acceptors (Lipinski definition) is 2. The molecule has 0 radical (unpaired) electrons. The average molecular weight is 281 g/mol. The monoisotopic (exact) mass is 280 g/mol. The van der Waals surface area contributed by atoms with Crippen LogP contribution in [0.25, 0.3) is 0 Å². The molecule has 1 aliphatic rings. The number of amides is 1. The molecule has 1 heterocycles. The van der Waals surface area contributed by atoms with Crippen molar-refractivity contribution in [2.45, 2.75) is 51.9 Å². The van der Waals surface area contributed by atoms with Crippen molar-refractivity contribution in [3.8, 4) is 0 Å². The van der Waals surface area contributed by atoms with E-state index in [4.69, 9.17) is 11.6 Å². The summed E-state index contributed by atoms with van der Waals surface area (Å²) in [6.07, 6.45) is 2.02. The van der Waals surface area contributed by atoms with Crippen LogP contribution in [-0.4, -0.2) is 22.9 Å². The fraction of sp³-hybridized carbons (Fsp3) is 0.533. The molecule has 104 valence electrons. The molecule has 1 saturated heterocycles. The average Bonchev–Trinajstić information content (AvgIpc) is 2.66. The minimum atomic E-state index is -0.136. The number of nitrogens with zero attached hydrogens (tertiary/aromatic N) is 1. The van der Waals surface area contributed by atoms with Gasteiger partial charge in [-0.1, -0.05) is 37.1 Å². The van der Waals surface area contributed by atoms with E-state index in [1.54, 1.807) is 0 Å². The predicted molar refractivity (Wildman–Crippen MR) is 78.0 cm³/mol. The molecule has 3 atom stereocenters. The lowest BCUT2D eigenvalue weighted by Crippen LogP contribution is -2.38. The van der Waals surface area contributed by atoms with Crippen LogP contribution < -0.4 is 5.32 Å². The molecule has 1 aromatic rings. The van der Waals surface area contributed by atoms with E-state index in [9.17, 15) is 4.79 Å². The summed E-state index contributed by atoms with van der Waals surface area (Å²) < 4.78 is 0. The van der Waals surface area contributed by atoms with E-state index in [1.807, 2.05) is 36.1 Å². The van der Waals surface area contributed by atoms with E-state index in [0.717, 1.165) is 18.4 Å². The van der Waals surface area contributed by atoms with Crippen molar-refractivity contribution >= 4 is 17.5 Å². The summed E-state index contributed by atoms with van der Waals surface area (Å²) >= 11 is 6.05. The van der Waals surface area contributed by atoms with E-state index in [0.29, 0.717) is 5.02 Å². The van der Waals surface area contributed by atoms with Gasteiger partial charge in [-0.25, -0.2) is 0 Å². The van der Waals surface area contributed by atoms with Gasteiger partial charge in [0.2, 0.25) is 5.91 Å². The highest BCUT2D eigenvalue weighted by Crippen LogP contribution is 2.30. The Morgan fingerprint density at radius 1 is 1.47 bits per heavy atom. The maximum atomic E-state index is 12.3. The topological polar surface area (TPSA) is 32.3 Å². The smallest absolute Gasteiger partial charge is 0.241 e. The van der Waals surface area contributed by atoms with Gasteiger partial charge in [-0.3, -0.25) is 10.1 Å². The molecule has 1 aromatic carbocycles. The van der Waals surface area contributed by atoms with Crippen molar-refractivity contribution in [1.29, 1.82) is 0 Å². The summed E-state index contributed by atoms with van der Waals surface area (Å²) in [5, 5.41) is 4.06. The largest absolute Gasteiger partial charge is 0.319 e. The van der Waals surface area contributed by atoms with Gasteiger partial charge in [0.25, 0.3) is 0 Å². The molecule has 0 bridgehead atoms. The fourth-order valence-corrected chi connectivity index (χ4v) is 2.90. The lowest BCUT2D eigenvalue weighted by atomic mass is 10.1. The van der Waals surface area contributed by atoms with Crippen LogP contribution in [0.2, 0.25) is 5.02 Å². The Labute approximate surface area is 119 Å². The van der Waals surface area contributed by atoms with E-state index >= 15 is 0 Å². The zero-order chi connectivity index (χ0) is 14.0. The standard InChI is InChI=1S/C15H21ClN2O/c1-4-6-10(2)18-14(17-11(3)15(18)19)12-7-5-8-13(16)9-12/h5,7-11,14,17H,4,6H2,1-3H3. The molecule has 1 aliphatic heterocycles. The van der Waals surface area contributed by atoms with Crippen molar-refractivity contribution in [2.75, 3.05) is 0 Å². The Kier molecular flexibility index (Phi) is 4.48. The van der Waals surface area contributed by atoms with Gasteiger partial charge in [-0.2, -0.15) is 0 Å². The van der Waals surface area contributed by atoms with Gasteiger partial charge in [-0.15, -0.1) is 0 Å². The highest BCUT2D eigenvalue weighted by molar-refractivity contribution is 6.30. The summed E-state index contributed by atoms with van der Waals surface area (Å²) in [6, 6.07) is 7.82. The van der Waals surface area contributed by atoms with Gasteiger partial charge in [-0.05, 0) is 38.0 Å². The third kappa shape index (κ3) is 2.93. The minimum absolute atomic E-state index is 0.0669. The normalized spacial score (nSPS) is 24.8. The number of nitrogens with one attached hydrogen (secondary N) is 1. The molecule has 1 amide bonds. The molecule has 2 rings (SSSR count). The minimum Gasteiger partial charge on any atom is -0.319 e. The third-order valence-corrected chi connectivity index (χ3v) is 3.89. The van der Waals surface area contributed by atoms with Crippen LogP contribution >= 0.6 is 11.6 Å². The van der Waals surface area contributed by atoms with Gasteiger partial charge in [0.05, 0.1) is 6.04 Å². The van der Waals surface area contributed by atoms with Crippen LogP contribution in [0.4, 0.5) is 0 Å². The molecule has 0 aliphatic carbocycles. The summed E-state index contributed by atoms with van der Waals surface area (Å²) in [7, 11) is 0. The highest BCUT2D eigenvalue weighted by Gasteiger charge is 2.39. The second-order valence-electron chi connectivity index (χ2n) is 5.23. The fourth-order valence-electron chi connectivity index (χ4n) is 2.70. The maximum Gasteiger partial charge on any atom is 0.241 e. The number of carbonyl (C=O) groups is 1. The predicted octanol–water partition coefficient (Wildman–Crippen LogP) is 3.35. The van der Waals surface area contributed by atoms with Crippen LogP contribution in [0, 0.1) is 0 Å². The summed E-state index contributed by atoms with van der Waals surface area (Å²) in [4.78, 5) is 14.3. The van der Waals surface area contributed by atoms with Crippen LogP contribution in [0.15, 0.2) is 24.3 Å². The molecule has 0 aromatic heterocycles. The SMILES string of the molecule is CCCC(C)N1C(=O)C(C)NC1c1cccc(Cl)c1. The quantitative estimate of drug-likeness (QED) is 0.917. The molecule has 0 saturated carbocycles. The van der Waals surface area contributed by atoms with E-state index in [2.05, 4.69) is 19.2 Å². The molecule has 19 heavy (non-hydrogen) atoms. The molecule has 1 N–H and O–H groups in total. The number of rotatable bonds is 4. The Bertz CT molecular complexity index is 463. The Morgan fingerprint density at radius 2 is 2.21 bits per heavy atom. The molecular formula is C15H21ClN2O. The molecule has 1 fully saturated rings. The van der Waals surface area contributed by atoms with Crippen LogP contribution in [0.3, 0.4) is 0 Å². The Morgan fingerprint density at radius 3 is 2.84 bits per heavy atom. The van der Waals surface area contributed by atoms with Crippen LogP contribution in [-0.2, 0) is 4.79 Å². The highest BCUT2D eigenvalue weighted by atomic mass is 35.5. The first-order chi connectivity index (χ1) is 9.04. The molecular weight excluding hydrogens is 260 g/mol. The van der Waals surface area contributed by atoms with Crippen molar-refractivity contribution < 1.29 is 4.79 Å². The van der Waals surface area contributed by atoms with Crippen molar-refractivity contribution in [3.05, 3.63) is 34.9 Å². The first-order valence-electron chi connectivity index (χ1n) is 6.88. The van der Waals surface area contributed by atoms with E-state index < -0.39 is 0 Å². The van der Waals surface area contributed by atoms with Crippen LogP contribution in [0.1, 0.15) is 45.3 Å². The number of hydrogen-bond donors (Lipinski definition) is 1. The maximum absolute atomic E-state index is 12.3. The van der Waals surface area contributed by atoms with Gasteiger partial charge < -0.3 is 4.90 Å². The molecule has 4 heteroatoms. The van der Waals surface area contributed by atoms with Crippen molar-refractivity contribution in [1.82, 2.24) is 10.2 Å². The molecule has 0 spiro atoms. The summed E-state index contributed by atoms with van der Waals surface area (Å²) in [6.45, 7) is 6.17. The second-order valence-corrected chi connectivity index (χ2v) is 5.67. The van der Waals surface area contributed by atoms with Gasteiger partial charge in [0.15, 0.2) is 0 Å². The lowest BCUT2D eigenvalue weighted by Gasteiger charge is -2.30. The summed E-state index contributed by atoms with van der Waals surface area (Å²) in [5.74, 6) is 0.172. The zero-order valence-corrected chi connectivity index (χ0v) is 12.4. The second kappa shape index (κ2) is 5.93. The first kappa shape index (κ1) is 14.4. The van der Waals surface area contributed by atoms with Gasteiger partial charge in [0.1, 0.15) is 6.17 Å². The van der Waals surface area contributed by atoms with Crippen LogP contribution in [0.5, 0.6) is 0 Å². The van der Waals surface area contributed by atoms with Gasteiger partial charge in [0, 0.05) is 11.1 Å². The van der Waals surface area contributed by atoms with E-state index in [-0.39, 0.29) is 24.2 Å².